The molecule has 0 aromatic heterocycles. The summed E-state index contributed by atoms with van der Waals surface area (Å²) in [6.07, 6.45) is 4.28. The predicted molar refractivity (Wildman–Crippen MR) is 60.8 cm³/mol. The first-order valence-electron chi connectivity index (χ1n) is 5.70. The van der Waals surface area contributed by atoms with Crippen LogP contribution < -0.4 is 0 Å². The second-order valence-corrected chi connectivity index (χ2v) is 3.28. The van der Waals surface area contributed by atoms with Gasteiger partial charge < -0.3 is 20.1 Å². The Kier molecular flexibility index (Phi) is 18.7. The van der Waals surface area contributed by atoms with Gasteiger partial charge in [0.1, 0.15) is 6.10 Å². The molecule has 0 heterocycles. The van der Waals surface area contributed by atoms with E-state index in [2.05, 4.69) is 6.92 Å². The van der Waals surface area contributed by atoms with E-state index in [0.717, 1.165) is 13.2 Å². The van der Waals surface area contributed by atoms with E-state index < -0.39 is 6.10 Å². The third-order valence-corrected chi connectivity index (χ3v) is 1.77. The van der Waals surface area contributed by atoms with E-state index >= 15 is 0 Å². The van der Waals surface area contributed by atoms with Crippen molar-refractivity contribution in [1.29, 1.82) is 0 Å². The van der Waals surface area contributed by atoms with Crippen LogP contribution in [0.2, 0.25) is 0 Å². The molecule has 0 rings (SSSR count). The molecule has 15 heavy (non-hydrogen) atoms. The van der Waals surface area contributed by atoms with Gasteiger partial charge in [-0.25, -0.2) is 0 Å². The highest BCUT2D eigenvalue weighted by atomic mass is 16.5. The number of aliphatic hydroxyl groups is 3. The molecule has 4 nitrogen and oxygen atoms in total. The van der Waals surface area contributed by atoms with E-state index in [1.165, 1.54) is 25.7 Å². The van der Waals surface area contributed by atoms with Crippen LogP contribution in [0.25, 0.3) is 0 Å². The molecule has 0 saturated heterocycles. The fourth-order valence-corrected chi connectivity index (χ4v) is 0.833. The third kappa shape index (κ3) is 20.0. The lowest BCUT2D eigenvalue weighted by atomic mass is 10.2. The number of aliphatic hydroxyl groups excluding tert-OH is 3. The maximum absolute atomic E-state index is 8.17. The van der Waals surface area contributed by atoms with Gasteiger partial charge in [0.05, 0.1) is 13.2 Å². The summed E-state index contributed by atoms with van der Waals surface area (Å²) in [6, 6.07) is 0. The third-order valence-electron chi connectivity index (χ3n) is 1.77. The van der Waals surface area contributed by atoms with Gasteiger partial charge in [-0.15, -0.1) is 0 Å². The quantitative estimate of drug-likeness (QED) is 0.534. The molecular formula is C11H26O4. The summed E-state index contributed by atoms with van der Waals surface area (Å²) < 4.78 is 5.18. The first-order chi connectivity index (χ1) is 7.22. The first-order valence-corrected chi connectivity index (χ1v) is 5.70. The van der Waals surface area contributed by atoms with Crippen molar-refractivity contribution in [3.63, 3.8) is 0 Å². The van der Waals surface area contributed by atoms with Gasteiger partial charge in [-0.05, 0) is 13.3 Å². The molecule has 94 valence electrons. The second-order valence-electron chi connectivity index (χ2n) is 3.28. The summed E-state index contributed by atoms with van der Waals surface area (Å²) in [5.74, 6) is 0. The zero-order chi connectivity index (χ0) is 11.9. The molecule has 0 fully saturated rings. The van der Waals surface area contributed by atoms with Crippen LogP contribution in [0.4, 0.5) is 0 Å². The van der Waals surface area contributed by atoms with Crippen molar-refractivity contribution < 1.29 is 20.1 Å². The van der Waals surface area contributed by atoms with Crippen molar-refractivity contribution in [2.75, 3.05) is 26.4 Å². The number of ether oxygens (including phenoxy) is 1. The minimum atomic E-state index is -0.954. The molecule has 0 radical (unpaired) electrons. The Morgan fingerprint density at radius 1 is 1.00 bits per heavy atom. The van der Waals surface area contributed by atoms with E-state index in [0.29, 0.717) is 0 Å². The number of rotatable bonds is 8. The van der Waals surface area contributed by atoms with Gasteiger partial charge in [0, 0.05) is 13.2 Å². The van der Waals surface area contributed by atoms with Crippen LogP contribution in [0.1, 0.15) is 39.5 Å². The molecule has 0 aliphatic heterocycles. The Balaban J connectivity index is 0. The maximum Gasteiger partial charge on any atom is 0.100 e. The standard InChI is InChI=1S/C8H18O.C3H8O3/c1-3-5-6-7-8-9-4-2;4-1-3(6)2-5/h3-8H2,1-2H3;3-6H,1-2H2. The molecule has 0 spiro atoms. The van der Waals surface area contributed by atoms with Crippen molar-refractivity contribution in [1.82, 2.24) is 0 Å². The molecule has 0 aromatic carbocycles. The zero-order valence-corrected chi connectivity index (χ0v) is 9.98. The summed E-state index contributed by atoms with van der Waals surface area (Å²) in [6.45, 7) is 5.36. The van der Waals surface area contributed by atoms with Gasteiger partial charge in [-0.1, -0.05) is 26.2 Å². The number of hydrogen-bond donors (Lipinski definition) is 3. The fraction of sp³-hybridized carbons (Fsp3) is 1.00. The minimum Gasteiger partial charge on any atom is -0.394 e. The summed E-state index contributed by atoms with van der Waals surface area (Å²) in [5, 5.41) is 24.0. The molecule has 0 aliphatic rings. The lowest BCUT2D eigenvalue weighted by Gasteiger charge is -1.98. The largest absolute Gasteiger partial charge is 0.394 e. The fourth-order valence-electron chi connectivity index (χ4n) is 0.833. The predicted octanol–water partition coefficient (Wildman–Crippen LogP) is 0.935. The summed E-state index contributed by atoms with van der Waals surface area (Å²) >= 11 is 0. The van der Waals surface area contributed by atoms with E-state index in [9.17, 15) is 0 Å². The second kappa shape index (κ2) is 16.3. The Hall–Kier alpha value is -0.160. The highest BCUT2D eigenvalue weighted by Crippen LogP contribution is 1.98. The van der Waals surface area contributed by atoms with Gasteiger partial charge in [-0.2, -0.15) is 0 Å². The van der Waals surface area contributed by atoms with Crippen LogP contribution in [0.5, 0.6) is 0 Å². The van der Waals surface area contributed by atoms with Crippen LogP contribution in [0, 0.1) is 0 Å². The van der Waals surface area contributed by atoms with Gasteiger partial charge in [0.2, 0.25) is 0 Å². The van der Waals surface area contributed by atoms with E-state index in [-0.39, 0.29) is 13.2 Å². The monoisotopic (exact) mass is 222 g/mol. The lowest BCUT2D eigenvalue weighted by Crippen LogP contribution is -2.15. The Morgan fingerprint density at radius 2 is 1.60 bits per heavy atom. The SMILES string of the molecule is CCCCCCOCC.OCC(O)CO. The van der Waals surface area contributed by atoms with E-state index in [1.54, 1.807) is 0 Å². The average Bonchev–Trinajstić information content (AvgIpc) is 2.29. The molecule has 0 atom stereocenters. The van der Waals surface area contributed by atoms with E-state index in [4.69, 9.17) is 20.1 Å². The molecule has 0 amide bonds. The van der Waals surface area contributed by atoms with Gasteiger partial charge in [-0.3, -0.25) is 0 Å². The van der Waals surface area contributed by atoms with E-state index in [1.807, 2.05) is 6.92 Å². The van der Waals surface area contributed by atoms with Crippen LogP contribution >= 0.6 is 0 Å². The smallest absolute Gasteiger partial charge is 0.100 e. The van der Waals surface area contributed by atoms with Crippen molar-refractivity contribution >= 4 is 0 Å². The lowest BCUT2D eigenvalue weighted by molar-refractivity contribution is 0.0450. The highest BCUT2D eigenvalue weighted by Gasteiger charge is 1.93. The van der Waals surface area contributed by atoms with Crippen LogP contribution in [0.15, 0.2) is 0 Å². The summed E-state index contributed by atoms with van der Waals surface area (Å²) in [7, 11) is 0. The minimum absolute atomic E-state index is 0.365. The molecule has 0 saturated carbocycles. The van der Waals surface area contributed by atoms with Gasteiger partial charge in [0.15, 0.2) is 0 Å². The molecular weight excluding hydrogens is 196 g/mol. The number of hydrogen-bond acceptors (Lipinski definition) is 4. The molecule has 0 aliphatic carbocycles. The number of unbranched alkanes of at least 4 members (excludes halogenated alkanes) is 3. The van der Waals surface area contributed by atoms with Crippen molar-refractivity contribution in [3.8, 4) is 0 Å². The Bertz CT molecular complexity index is 88.6. The summed E-state index contributed by atoms with van der Waals surface area (Å²) in [5.41, 5.74) is 0. The molecule has 3 N–H and O–H groups in total. The maximum atomic E-state index is 8.17. The molecule has 0 aromatic rings. The van der Waals surface area contributed by atoms with Crippen molar-refractivity contribution in [2.24, 2.45) is 0 Å². The van der Waals surface area contributed by atoms with Crippen molar-refractivity contribution in [3.05, 3.63) is 0 Å². The first kappa shape index (κ1) is 17.2. The summed E-state index contributed by atoms with van der Waals surface area (Å²) in [4.78, 5) is 0. The zero-order valence-electron chi connectivity index (χ0n) is 9.98. The molecule has 0 bridgehead atoms. The Morgan fingerprint density at radius 3 is 1.93 bits per heavy atom. The topological polar surface area (TPSA) is 69.9 Å². The van der Waals surface area contributed by atoms with Crippen LogP contribution in [-0.2, 0) is 4.74 Å². The highest BCUT2D eigenvalue weighted by molar-refractivity contribution is 4.44. The molecule has 0 unspecified atom stereocenters. The molecule has 4 heteroatoms. The van der Waals surface area contributed by atoms with Gasteiger partial charge >= 0.3 is 0 Å². The Labute approximate surface area is 92.9 Å². The average molecular weight is 222 g/mol. The van der Waals surface area contributed by atoms with Crippen LogP contribution in [-0.4, -0.2) is 47.9 Å². The van der Waals surface area contributed by atoms with Crippen molar-refractivity contribution in [2.45, 2.75) is 45.6 Å². The van der Waals surface area contributed by atoms with Gasteiger partial charge in [0.25, 0.3) is 0 Å². The van der Waals surface area contributed by atoms with Crippen LogP contribution in [0.3, 0.4) is 0 Å². The normalized spacial score (nSPS) is 10.0.